The first kappa shape index (κ1) is 15.7. The van der Waals surface area contributed by atoms with Crippen LogP contribution < -0.4 is 0 Å². The normalized spacial score (nSPS) is 12.0. The zero-order valence-electron chi connectivity index (χ0n) is 9.97. The summed E-state index contributed by atoms with van der Waals surface area (Å²) in [6, 6.07) is 6.16. The van der Waals surface area contributed by atoms with E-state index in [1.165, 1.54) is 23.5 Å². The van der Waals surface area contributed by atoms with Gasteiger partial charge in [0.05, 0.1) is 11.5 Å². The molecule has 0 atom stereocenters. The summed E-state index contributed by atoms with van der Waals surface area (Å²) in [6.45, 7) is 0.814. The number of methoxy groups -OCH3 is 1. The SMILES string of the molecule is COCCN(CCCl)S(=O)(=O)c1cccc(Cl)c1. The van der Waals surface area contributed by atoms with Gasteiger partial charge in [-0.25, -0.2) is 8.42 Å². The first-order valence-corrected chi connectivity index (χ1v) is 7.68. The monoisotopic (exact) mass is 311 g/mol. The minimum Gasteiger partial charge on any atom is -0.383 e. The lowest BCUT2D eigenvalue weighted by atomic mass is 10.4. The zero-order chi connectivity index (χ0) is 13.6. The second kappa shape index (κ2) is 7.31. The van der Waals surface area contributed by atoms with Crippen LogP contribution >= 0.6 is 23.2 Å². The highest BCUT2D eigenvalue weighted by Gasteiger charge is 2.23. The second-order valence-electron chi connectivity index (χ2n) is 3.54. The van der Waals surface area contributed by atoms with Crippen LogP contribution in [0.5, 0.6) is 0 Å². The van der Waals surface area contributed by atoms with E-state index in [-0.39, 0.29) is 23.9 Å². The van der Waals surface area contributed by atoms with E-state index < -0.39 is 10.0 Å². The van der Waals surface area contributed by atoms with Crippen molar-refractivity contribution in [2.75, 3.05) is 32.7 Å². The van der Waals surface area contributed by atoms with Crippen molar-refractivity contribution in [2.45, 2.75) is 4.90 Å². The Morgan fingerprint density at radius 1 is 1.33 bits per heavy atom. The summed E-state index contributed by atoms with van der Waals surface area (Å²) in [4.78, 5) is 0.163. The van der Waals surface area contributed by atoms with E-state index >= 15 is 0 Å². The molecule has 0 saturated heterocycles. The average Bonchev–Trinajstić information content (AvgIpc) is 2.34. The highest BCUT2D eigenvalue weighted by molar-refractivity contribution is 7.89. The van der Waals surface area contributed by atoms with Gasteiger partial charge in [0.15, 0.2) is 0 Å². The van der Waals surface area contributed by atoms with Crippen LogP contribution in [0.2, 0.25) is 5.02 Å². The fourth-order valence-electron chi connectivity index (χ4n) is 1.42. The highest BCUT2D eigenvalue weighted by atomic mass is 35.5. The van der Waals surface area contributed by atoms with Crippen LogP contribution in [0.3, 0.4) is 0 Å². The van der Waals surface area contributed by atoms with Crippen molar-refractivity contribution >= 4 is 33.2 Å². The number of hydrogen-bond acceptors (Lipinski definition) is 3. The van der Waals surface area contributed by atoms with Crippen LogP contribution in [0.15, 0.2) is 29.2 Å². The Morgan fingerprint density at radius 3 is 2.61 bits per heavy atom. The molecule has 0 amide bonds. The van der Waals surface area contributed by atoms with E-state index in [1.807, 2.05) is 0 Å². The maximum absolute atomic E-state index is 12.3. The third-order valence-corrected chi connectivity index (χ3v) is 4.61. The second-order valence-corrected chi connectivity index (χ2v) is 6.30. The van der Waals surface area contributed by atoms with Crippen LogP contribution in [-0.2, 0) is 14.8 Å². The number of sulfonamides is 1. The highest BCUT2D eigenvalue weighted by Crippen LogP contribution is 2.19. The van der Waals surface area contributed by atoms with Gasteiger partial charge in [0.2, 0.25) is 10.0 Å². The molecule has 18 heavy (non-hydrogen) atoms. The Kier molecular flexibility index (Phi) is 6.38. The molecular formula is C11H15Cl2NO3S. The summed E-state index contributed by atoms with van der Waals surface area (Å²) in [5.41, 5.74) is 0. The van der Waals surface area contributed by atoms with E-state index in [2.05, 4.69) is 0 Å². The van der Waals surface area contributed by atoms with Crippen molar-refractivity contribution < 1.29 is 13.2 Å². The lowest BCUT2D eigenvalue weighted by Crippen LogP contribution is -2.35. The lowest BCUT2D eigenvalue weighted by Gasteiger charge is -2.20. The van der Waals surface area contributed by atoms with Crippen molar-refractivity contribution in [3.63, 3.8) is 0 Å². The molecule has 1 rings (SSSR count). The van der Waals surface area contributed by atoms with Gasteiger partial charge in [-0.1, -0.05) is 17.7 Å². The molecule has 1 aromatic carbocycles. The maximum Gasteiger partial charge on any atom is 0.243 e. The Balaban J connectivity index is 3.00. The molecule has 0 radical (unpaired) electrons. The molecule has 0 spiro atoms. The van der Waals surface area contributed by atoms with E-state index in [0.717, 1.165) is 0 Å². The first-order chi connectivity index (χ1) is 8.52. The molecule has 0 aliphatic rings. The smallest absolute Gasteiger partial charge is 0.243 e. The van der Waals surface area contributed by atoms with Crippen molar-refractivity contribution in [1.29, 1.82) is 0 Å². The molecule has 0 aromatic heterocycles. The lowest BCUT2D eigenvalue weighted by molar-refractivity contribution is 0.180. The predicted molar refractivity (Wildman–Crippen MR) is 72.8 cm³/mol. The van der Waals surface area contributed by atoms with E-state index in [0.29, 0.717) is 11.6 Å². The minimum atomic E-state index is -3.57. The zero-order valence-corrected chi connectivity index (χ0v) is 12.3. The molecular weight excluding hydrogens is 297 g/mol. The molecule has 0 saturated carbocycles. The summed E-state index contributed by atoms with van der Waals surface area (Å²) >= 11 is 11.4. The summed E-state index contributed by atoms with van der Waals surface area (Å²) < 4.78 is 30.9. The van der Waals surface area contributed by atoms with Gasteiger partial charge in [0.1, 0.15) is 0 Å². The number of ether oxygens (including phenoxy) is 1. The van der Waals surface area contributed by atoms with Crippen LogP contribution in [0, 0.1) is 0 Å². The van der Waals surface area contributed by atoms with Crippen LogP contribution in [-0.4, -0.2) is 45.4 Å². The molecule has 0 heterocycles. The van der Waals surface area contributed by atoms with E-state index in [4.69, 9.17) is 27.9 Å². The van der Waals surface area contributed by atoms with Crippen LogP contribution in [0.1, 0.15) is 0 Å². The third kappa shape index (κ3) is 4.10. The molecule has 0 aliphatic carbocycles. The fraction of sp³-hybridized carbons (Fsp3) is 0.455. The largest absolute Gasteiger partial charge is 0.383 e. The van der Waals surface area contributed by atoms with Gasteiger partial charge in [-0.05, 0) is 18.2 Å². The molecule has 7 heteroatoms. The molecule has 0 fully saturated rings. The molecule has 0 bridgehead atoms. The fourth-order valence-corrected chi connectivity index (χ4v) is 3.45. The van der Waals surface area contributed by atoms with Gasteiger partial charge in [-0.2, -0.15) is 4.31 Å². The van der Waals surface area contributed by atoms with Crippen molar-refractivity contribution in [3.05, 3.63) is 29.3 Å². The van der Waals surface area contributed by atoms with Gasteiger partial charge in [0, 0.05) is 31.1 Å². The number of alkyl halides is 1. The topological polar surface area (TPSA) is 46.6 Å². The van der Waals surface area contributed by atoms with E-state index in [9.17, 15) is 8.42 Å². The quantitative estimate of drug-likeness (QED) is 0.725. The van der Waals surface area contributed by atoms with Gasteiger partial charge < -0.3 is 4.74 Å². The molecule has 4 nitrogen and oxygen atoms in total. The molecule has 102 valence electrons. The van der Waals surface area contributed by atoms with Gasteiger partial charge in [-0.3, -0.25) is 0 Å². The number of halogens is 2. The van der Waals surface area contributed by atoms with E-state index in [1.54, 1.807) is 12.1 Å². The summed E-state index contributed by atoms with van der Waals surface area (Å²) in [6.07, 6.45) is 0. The minimum absolute atomic E-state index is 0.163. The molecule has 0 unspecified atom stereocenters. The van der Waals surface area contributed by atoms with Gasteiger partial charge in [-0.15, -0.1) is 11.6 Å². The van der Waals surface area contributed by atoms with Gasteiger partial charge >= 0.3 is 0 Å². The number of hydrogen-bond donors (Lipinski definition) is 0. The Labute approximate surface area is 117 Å². The Morgan fingerprint density at radius 2 is 2.06 bits per heavy atom. The Hall–Kier alpha value is -0.330. The maximum atomic E-state index is 12.3. The summed E-state index contributed by atoms with van der Waals surface area (Å²) in [5.74, 6) is 0.226. The summed E-state index contributed by atoms with van der Waals surface area (Å²) in [7, 11) is -2.05. The van der Waals surface area contributed by atoms with Crippen LogP contribution in [0.25, 0.3) is 0 Å². The van der Waals surface area contributed by atoms with Crippen LogP contribution in [0.4, 0.5) is 0 Å². The summed E-state index contributed by atoms with van der Waals surface area (Å²) in [5, 5.41) is 0.383. The third-order valence-electron chi connectivity index (χ3n) is 2.31. The number of nitrogens with zero attached hydrogens (tertiary/aromatic N) is 1. The van der Waals surface area contributed by atoms with Crippen molar-refractivity contribution in [3.8, 4) is 0 Å². The Bertz CT molecular complexity index is 479. The molecule has 0 aliphatic heterocycles. The van der Waals surface area contributed by atoms with Gasteiger partial charge in [0.25, 0.3) is 0 Å². The average molecular weight is 312 g/mol. The number of rotatable bonds is 7. The van der Waals surface area contributed by atoms with Crippen molar-refractivity contribution in [1.82, 2.24) is 4.31 Å². The molecule has 1 aromatic rings. The van der Waals surface area contributed by atoms with Crippen molar-refractivity contribution in [2.24, 2.45) is 0 Å². The standard InChI is InChI=1S/C11H15Cl2NO3S/c1-17-8-7-14(6-5-12)18(15,16)11-4-2-3-10(13)9-11/h2-4,9H,5-8H2,1H3. The molecule has 0 N–H and O–H groups in total. The number of benzene rings is 1. The predicted octanol–water partition coefficient (Wildman–Crippen LogP) is 2.22. The first-order valence-electron chi connectivity index (χ1n) is 5.33.